The molecule has 1 aromatic heterocycles. The molecule has 5 heteroatoms. The third kappa shape index (κ3) is 2.67. The SMILES string of the molecule is Fc1ccc(C(Cl)Cc2nc3ccccc3s2)cc1F. The predicted octanol–water partition coefficient (Wildman–Crippen LogP) is 5.10. The highest BCUT2D eigenvalue weighted by Gasteiger charge is 2.14. The lowest BCUT2D eigenvalue weighted by molar-refractivity contribution is 0.507. The number of hydrogen-bond donors (Lipinski definition) is 0. The molecule has 0 saturated carbocycles. The average Bonchev–Trinajstić information content (AvgIpc) is 2.83. The van der Waals surface area contributed by atoms with Gasteiger partial charge in [0.05, 0.1) is 20.6 Å². The second kappa shape index (κ2) is 5.46. The van der Waals surface area contributed by atoms with Gasteiger partial charge in [-0.3, -0.25) is 0 Å². The van der Waals surface area contributed by atoms with Gasteiger partial charge < -0.3 is 0 Å². The number of rotatable bonds is 3. The largest absolute Gasteiger partial charge is 0.241 e. The number of benzene rings is 2. The Balaban J connectivity index is 1.84. The topological polar surface area (TPSA) is 12.9 Å². The summed E-state index contributed by atoms with van der Waals surface area (Å²) >= 11 is 7.83. The highest BCUT2D eigenvalue weighted by atomic mass is 35.5. The Bertz CT molecular complexity index is 723. The van der Waals surface area contributed by atoms with Crippen LogP contribution in [0.4, 0.5) is 8.78 Å². The first-order chi connectivity index (χ1) is 9.63. The molecular weight excluding hydrogens is 300 g/mol. The first-order valence-electron chi connectivity index (χ1n) is 6.07. The van der Waals surface area contributed by atoms with Crippen LogP contribution >= 0.6 is 22.9 Å². The van der Waals surface area contributed by atoms with E-state index in [4.69, 9.17) is 11.6 Å². The van der Waals surface area contributed by atoms with Gasteiger partial charge in [0.15, 0.2) is 11.6 Å². The quantitative estimate of drug-likeness (QED) is 0.614. The van der Waals surface area contributed by atoms with Crippen molar-refractivity contribution in [3.63, 3.8) is 0 Å². The molecule has 0 amide bonds. The summed E-state index contributed by atoms with van der Waals surface area (Å²) in [6, 6.07) is 11.6. The molecule has 0 aliphatic rings. The summed E-state index contributed by atoms with van der Waals surface area (Å²) in [6.45, 7) is 0. The van der Waals surface area contributed by atoms with Gasteiger partial charge in [0.2, 0.25) is 0 Å². The second-order valence-electron chi connectivity index (χ2n) is 4.42. The van der Waals surface area contributed by atoms with E-state index in [1.54, 1.807) is 11.3 Å². The van der Waals surface area contributed by atoms with Gasteiger partial charge >= 0.3 is 0 Å². The Morgan fingerprint density at radius 2 is 1.90 bits per heavy atom. The summed E-state index contributed by atoms with van der Waals surface area (Å²) in [7, 11) is 0. The zero-order valence-corrected chi connectivity index (χ0v) is 11.9. The Kier molecular flexibility index (Phi) is 3.68. The molecule has 1 atom stereocenters. The van der Waals surface area contributed by atoms with Crippen molar-refractivity contribution in [1.29, 1.82) is 0 Å². The van der Waals surface area contributed by atoms with E-state index in [1.165, 1.54) is 6.07 Å². The van der Waals surface area contributed by atoms with Gasteiger partial charge in [0.1, 0.15) is 0 Å². The number of para-hydroxylation sites is 1. The molecule has 3 aromatic rings. The van der Waals surface area contributed by atoms with Crippen LogP contribution in [0.5, 0.6) is 0 Å². The zero-order chi connectivity index (χ0) is 14.1. The Labute approximate surface area is 123 Å². The maximum atomic E-state index is 13.2. The molecule has 1 unspecified atom stereocenters. The van der Waals surface area contributed by atoms with Crippen LogP contribution in [-0.4, -0.2) is 4.98 Å². The first kappa shape index (κ1) is 13.5. The summed E-state index contributed by atoms with van der Waals surface area (Å²) in [5.74, 6) is -1.74. The molecule has 2 aromatic carbocycles. The van der Waals surface area contributed by atoms with Crippen LogP contribution in [0.15, 0.2) is 42.5 Å². The molecule has 0 aliphatic heterocycles. The summed E-state index contributed by atoms with van der Waals surface area (Å²) < 4.78 is 27.2. The van der Waals surface area contributed by atoms with Crippen molar-refractivity contribution >= 4 is 33.2 Å². The maximum Gasteiger partial charge on any atom is 0.159 e. The van der Waals surface area contributed by atoms with Crippen LogP contribution in [0.2, 0.25) is 0 Å². The third-order valence-electron chi connectivity index (χ3n) is 3.00. The molecule has 0 aliphatic carbocycles. The number of alkyl halides is 1. The zero-order valence-electron chi connectivity index (χ0n) is 10.3. The second-order valence-corrected chi connectivity index (χ2v) is 6.06. The standard InChI is InChI=1S/C15H10ClF2NS/c16-10(9-5-6-11(17)12(18)7-9)8-15-19-13-3-1-2-4-14(13)20-15/h1-7,10H,8H2. The van der Waals surface area contributed by atoms with E-state index in [0.29, 0.717) is 12.0 Å². The number of halogens is 3. The smallest absolute Gasteiger partial charge is 0.159 e. The number of nitrogens with zero attached hydrogens (tertiary/aromatic N) is 1. The Morgan fingerprint density at radius 3 is 2.65 bits per heavy atom. The van der Waals surface area contributed by atoms with Crippen LogP contribution in [0.1, 0.15) is 15.9 Å². The lowest BCUT2D eigenvalue weighted by Gasteiger charge is -2.08. The number of hydrogen-bond acceptors (Lipinski definition) is 2. The lowest BCUT2D eigenvalue weighted by atomic mass is 10.1. The number of aromatic nitrogens is 1. The van der Waals surface area contributed by atoms with Crippen LogP contribution in [0.3, 0.4) is 0 Å². The van der Waals surface area contributed by atoms with Crippen molar-refractivity contribution < 1.29 is 8.78 Å². The number of fused-ring (bicyclic) bond motifs is 1. The molecule has 3 rings (SSSR count). The van der Waals surface area contributed by atoms with Gasteiger partial charge in [0, 0.05) is 6.42 Å². The Hall–Kier alpha value is -1.52. The average molecular weight is 310 g/mol. The van der Waals surface area contributed by atoms with E-state index in [0.717, 1.165) is 27.4 Å². The maximum absolute atomic E-state index is 13.2. The number of thiazole rings is 1. The first-order valence-corrected chi connectivity index (χ1v) is 7.32. The molecule has 0 bridgehead atoms. The van der Waals surface area contributed by atoms with E-state index in [2.05, 4.69) is 4.98 Å². The monoisotopic (exact) mass is 309 g/mol. The minimum absolute atomic E-state index is 0.425. The fraction of sp³-hybridized carbons (Fsp3) is 0.133. The lowest BCUT2D eigenvalue weighted by Crippen LogP contribution is -1.97. The van der Waals surface area contributed by atoms with E-state index in [-0.39, 0.29) is 0 Å². The highest BCUT2D eigenvalue weighted by Crippen LogP contribution is 2.30. The van der Waals surface area contributed by atoms with Crippen molar-refractivity contribution in [2.24, 2.45) is 0 Å². The highest BCUT2D eigenvalue weighted by molar-refractivity contribution is 7.18. The van der Waals surface area contributed by atoms with Gasteiger partial charge in [-0.2, -0.15) is 0 Å². The van der Waals surface area contributed by atoms with E-state index >= 15 is 0 Å². The van der Waals surface area contributed by atoms with E-state index in [1.807, 2.05) is 24.3 Å². The normalized spacial score (nSPS) is 12.8. The minimum Gasteiger partial charge on any atom is -0.241 e. The van der Waals surface area contributed by atoms with E-state index in [9.17, 15) is 8.78 Å². The summed E-state index contributed by atoms with van der Waals surface area (Å²) in [6.07, 6.45) is 0.492. The van der Waals surface area contributed by atoms with E-state index < -0.39 is 17.0 Å². The fourth-order valence-electron chi connectivity index (χ4n) is 1.99. The van der Waals surface area contributed by atoms with Gasteiger partial charge in [-0.25, -0.2) is 13.8 Å². The van der Waals surface area contributed by atoms with Crippen molar-refractivity contribution in [3.8, 4) is 0 Å². The van der Waals surface area contributed by atoms with Gasteiger partial charge in [-0.05, 0) is 29.8 Å². The van der Waals surface area contributed by atoms with Crippen molar-refractivity contribution in [1.82, 2.24) is 4.98 Å². The summed E-state index contributed by atoms with van der Waals surface area (Å²) in [5.41, 5.74) is 1.49. The van der Waals surface area contributed by atoms with Crippen molar-refractivity contribution in [2.75, 3.05) is 0 Å². The summed E-state index contributed by atoms with van der Waals surface area (Å²) in [5, 5.41) is 0.460. The Morgan fingerprint density at radius 1 is 1.10 bits per heavy atom. The van der Waals surface area contributed by atoms with Gasteiger partial charge in [-0.1, -0.05) is 18.2 Å². The fourth-order valence-corrected chi connectivity index (χ4v) is 3.37. The molecule has 0 radical (unpaired) electrons. The molecule has 0 fully saturated rings. The predicted molar refractivity (Wildman–Crippen MR) is 78.3 cm³/mol. The molecule has 1 heterocycles. The molecule has 0 N–H and O–H groups in total. The molecule has 1 nitrogen and oxygen atoms in total. The van der Waals surface area contributed by atoms with Crippen LogP contribution in [0, 0.1) is 11.6 Å². The molecular formula is C15H10ClF2NS. The van der Waals surface area contributed by atoms with Crippen LogP contribution in [-0.2, 0) is 6.42 Å². The molecule has 20 heavy (non-hydrogen) atoms. The minimum atomic E-state index is -0.877. The van der Waals surface area contributed by atoms with Crippen LogP contribution < -0.4 is 0 Å². The third-order valence-corrected chi connectivity index (χ3v) is 4.46. The van der Waals surface area contributed by atoms with Gasteiger partial charge in [-0.15, -0.1) is 22.9 Å². The van der Waals surface area contributed by atoms with Crippen molar-refractivity contribution in [3.05, 3.63) is 64.7 Å². The van der Waals surface area contributed by atoms with Gasteiger partial charge in [0.25, 0.3) is 0 Å². The van der Waals surface area contributed by atoms with Crippen molar-refractivity contribution in [2.45, 2.75) is 11.8 Å². The molecule has 0 spiro atoms. The van der Waals surface area contributed by atoms with Crippen LogP contribution in [0.25, 0.3) is 10.2 Å². The molecule has 102 valence electrons. The summed E-state index contributed by atoms with van der Waals surface area (Å²) in [4.78, 5) is 4.48. The molecule has 0 saturated heterocycles.